The summed E-state index contributed by atoms with van der Waals surface area (Å²) in [5, 5.41) is 13.1. The fourth-order valence-electron chi connectivity index (χ4n) is 6.20. The molecule has 2 fully saturated rings. The van der Waals surface area contributed by atoms with Gasteiger partial charge in [-0.25, -0.2) is 0 Å². The van der Waals surface area contributed by atoms with E-state index in [0.717, 1.165) is 36.3 Å². The van der Waals surface area contributed by atoms with E-state index in [4.69, 9.17) is 14.2 Å². The van der Waals surface area contributed by atoms with Gasteiger partial charge in [0.1, 0.15) is 18.0 Å². The molecule has 6 rings (SSSR count). The number of ether oxygens (including phenoxy) is 3. The molecule has 2 amide bonds. The molecule has 0 radical (unpaired) electrons. The summed E-state index contributed by atoms with van der Waals surface area (Å²) in [6, 6.07) is 14.0. The monoisotopic (exact) mass is 506 g/mol. The molecule has 0 saturated carbocycles. The van der Waals surface area contributed by atoms with Crippen molar-refractivity contribution in [2.45, 2.75) is 62.9 Å². The van der Waals surface area contributed by atoms with E-state index >= 15 is 0 Å². The maximum absolute atomic E-state index is 13.2. The number of nitrogens with zero attached hydrogens (tertiary/aromatic N) is 1. The van der Waals surface area contributed by atoms with Crippen molar-refractivity contribution in [3.63, 3.8) is 0 Å². The lowest BCUT2D eigenvalue weighted by Crippen LogP contribution is -2.48. The minimum atomic E-state index is -0.508. The van der Waals surface area contributed by atoms with Gasteiger partial charge in [-0.15, -0.1) is 0 Å². The van der Waals surface area contributed by atoms with Gasteiger partial charge in [-0.05, 0) is 55.0 Å². The number of aliphatic hydroxyl groups is 1. The first-order chi connectivity index (χ1) is 18.1. The first kappa shape index (κ1) is 24.4. The summed E-state index contributed by atoms with van der Waals surface area (Å²) in [4.78, 5) is 27.9. The SMILES string of the molecule is O=C(Nc1ccc2c(c1)[C@@H]1C[C@@H](CC(=O)N3CCc4ccccc4C3)O[C@H](CO)[C@@H]1O2)C1CCOCC1. The molecule has 4 heterocycles. The summed E-state index contributed by atoms with van der Waals surface area (Å²) >= 11 is 0. The number of aliphatic hydroxyl groups excluding tert-OH is 1. The van der Waals surface area contributed by atoms with E-state index in [-0.39, 0.29) is 48.9 Å². The van der Waals surface area contributed by atoms with Gasteiger partial charge in [-0.2, -0.15) is 0 Å². The van der Waals surface area contributed by atoms with Gasteiger partial charge < -0.3 is 29.5 Å². The predicted octanol–water partition coefficient (Wildman–Crippen LogP) is 3.02. The molecule has 8 nitrogen and oxygen atoms in total. The third-order valence-electron chi connectivity index (χ3n) is 8.24. The summed E-state index contributed by atoms with van der Waals surface area (Å²) in [6.45, 7) is 2.39. The van der Waals surface area contributed by atoms with Crippen LogP contribution < -0.4 is 10.1 Å². The lowest BCUT2D eigenvalue weighted by atomic mass is 9.84. The topological polar surface area (TPSA) is 97.3 Å². The Hall–Kier alpha value is -2.94. The van der Waals surface area contributed by atoms with Crippen LogP contribution >= 0.6 is 0 Å². The average molecular weight is 507 g/mol. The van der Waals surface area contributed by atoms with Gasteiger partial charge >= 0.3 is 0 Å². The van der Waals surface area contributed by atoms with E-state index in [2.05, 4.69) is 17.4 Å². The highest BCUT2D eigenvalue weighted by Crippen LogP contribution is 2.47. The fraction of sp³-hybridized carbons (Fsp3) is 0.517. The smallest absolute Gasteiger partial charge is 0.227 e. The van der Waals surface area contributed by atoms with E-state index in [0.29, 0.717) is 32.7 Å². The van der Waals surface area contributed by atoms with Crippen molar-refractivity contribution < 1.29 is 28.9 Å². The van der Waals surface area contributed by atoms with Gasteiger partial charge in [0.15, 0.2) is 0 Å². The number of nitrogens with one attached hydrogen (secondary N) is 1. The number of rotatable bonds is 5. The van der Waals surface area contributed by atoms with Crippen molar-refractivity contribution in [3.8, 4) is 5.75 Å². The Balaban J connectivity index is 1.14. The maximum Gasteiger partial charge on any atom is 0.227 e. The highest BCUT2D eigenvalue weighted by Gasteiger charge is 2.46. The maximum atomic E-state index is 13.2. The van der Waals surface area contributed by atoms with E-state index in [1.165, 1.54) is 11.1 Å². The van der Waals surface area contributed by atoms with E-state index in [9.17, 15) is 14.7 Å². The van der Waals surface area contributed by atoms with Gasteiger partial charge in [0, 0.05) is 49.4 Å². The Morgan fingerprint density at radius 3 is 2.70 bits per heavy atom. The summed E-state index contributed by atoms with van der Waals surface area (Å²) < 4.78 is 17.7. The van der Waals surface area contributed by atoms with E-state index in [1.807, 2.05) is 35.2 Å². The minimum Gasteiger partial charge on any atom is -0.487 e. The highest BCUT2D eigenvalue weighted by atomic mass is 16.6. The first-order valence-corrected chi connectivity index (χ1v) is 13.4. The van der Waals surface area contributed by atoms with Gasteiger partial charge in [0.25, 0.3) is 0 Å². The van der Waals surface area contributed by atoms with Crippen LogP contribution in [0.3, 0.4) is 0 Å². The van der Waals surface area contributed by atoms with Crippen molar-refractivity contribution in [2.24, 2.45) is 5.92 Å². The molecule has 196 valence electrons. The molecule has 2 saturated heterocycles. The van der Waals surface area contributed by atoms with Gasteiger partial charge in [0.05, 0.1) is 19.1 Å². The lowest BCUT2D eigenvalue weighted by Gasteiger charge is -2.38. The second kappa shape index (κ2) is 10.4. The third kappa shape index (κ3) is 4.98. The molecule has 0 spiro atoms. The quantitative estimate of drug-likeness (QED) is 0.647. The zero-order valence-electron chi connectivity index (χ0n) is 20.9. The van der Waals surface area contributed by atoms with Crippen molar-refractivity contribution in [1.29, 1.82) is 0 Å². The molecule has 0 unspecified atom stereocenters. The van der Waals surface area contributed by atoms with Gasteiger partial charge in [-0.1, -0.05) is 24.3 Å². The molecular weight excluding hydrogens is 472 g/mol. The summed E-state index contributed by atoms with van der Waals surface area (Å²) in [6.07, 6.45) is 2.11. The Kier molecular flexibility index (Phi) is 6.88. The molecule has 2 N–H and O–H groups in total. The van der Waals surface area contributed by atoms with Crippen molar-refractivity contribution in [2.75, 3.05) is 31.7 Å². The van der Waals surface area contributed by atoms with Crippen LogP contribution in [0.15, 0.2) is 42.5 Å². The average Bonchev–Trinajstić information content (AvgIpc) is 3.30. The fourth-order valence-corrected chi connectivity index (χ4v) is 6.20. The largest absolute Gasteiger partial charge is 0.487 e. The molecule has 0 aromatic heterocycles. The zero-order valence-corrected chi connectivity index (χ0v) is 20.9. The van der Waals surface area contributed by atoms with Crippen LogP contribution in [-0.4, -0.2) is 66.5 Å². The molecule has 4 atom stereocenters. The van der Waals surface area contributed by atoms with Crippen LogP contribution in [-0.2, 0) is 32.0 Å². The molecule has 2 aromatic rings. The zero-order chi connectivity index (χ0) is 25.4. The van der Waals surface area contributed by atoms with Crippen LogP contribution in [0.5, 0.6) is 5.75 Å². The van der Waals surface area contributed by atoms with Crippen molar-refractivity contribution >= 4 is 17.5 Å². The van der Waals surface area contributed by atoms with Gasteiger partial charge in [-0.3, -0.25) is 9.59 Å². The Morgan fingerprint density at radius 1 is 1.08 bits per heavy atom. The molecule has 37 heavy (non-hydrogen) atoms. The molecule has 4 aliphatic rings. The van der Waals surface area contributed by atoms with Crippen LogP contribution in [0.25, 0.3) is 0 Å². The summed E-state index contributed by atoms with van der Waals surface area (Å²) in [5.74, 6) is 0.795. The molecule has 0 aliphatic carbocycles. The molecule has 4 aliphatic heterocycles. The number of amides is 2. The second-order valence-electron chi connectivity index (χ2n) is 10.6. The summed E-state index contributed by atoms with van der Waals surface area (Å²) in [5.41, 5.74) is 4.25. The second-order valence-corrected chi connectivity index (χ2v) is 10.6. The van der Waals surface area contributed by atoms with Crippen LogP contribution in [0.2, 0.25) is 0 Å². The predicted molar refractivity (Wildman–Crippen MR) is 136 cm³/mol. The summed E-state index contributed by atoms with van der Waals surface area (Å²) in [7, 11) is 0. The van der Waals surface area contributed by atoms with Crippen LogP contribution in [0.1, 0.15) is 48.3 Å². The lowest BCUT2D eigenvalue weighted by molar-refractivity contribution is -0.149. The van der Waals surface area contributed by atoms with Crippen molar-refractivity contribution in [3.05, 3.63) is 59.2 Å². The van der Waals surface area contributed by atoms with Crippen LogP contribution in [0.4, 0.5) is 5.69 Å². The minimum absolute atomic E-state index is 0.0132. The van der Waals surface area contributed by atoms with Gasteiger partial charge in [0.2, 0.25) is 11.8 Å². The molecule has 0 bridgehead atoms. The van der Waals surface area contributed by atoms with E-state index in [1.54, 1.807) is 0 Å². The molecule has 8 heteroatoms. The van der Waals surface area contributed by atoms with E-state index < -0.39 is 6.10 Å². The van der Waals surface area contributed by atoms with Crippen LogP contribution in [0, 0.1) is 5.92 Å². The highest BCUT2D eigenvalue weighted by molar-refractivity contribution is 5.92. The number of fused-ring (bicyclic) bond motifs is 4. The standard InChI is InChI=1S/C29H34N2O6/c32-17-26-28-24(14-22(36-26)15-27(33)31-10-7-18-3-1-2-4-20(18)16-31)23-13-21(5-6-25(23)37-28)30-29(34)19-8-11-35-12-9-19/h1-6,13,19,22,24,26,28,32H,7-12,14-17H2,(H,30,34)/t22-,24-,26+,28+/m0/s1. The Morgan fingerprint density at radius 2 is 1.89 bits per heavy atom. The normalized spacial score (nSPS) is 27.0. The number of hydrogen-bond donors (Lipinski definition) is 2. The number of hydrogen-bond acceptors (Lipinski definition) is 6. The number of carbonyl (C=O) groups excluding carboxylic acids is 2. The number of anilines is 1. The third-order valence-corrected chi connectivity index (χ3v) is 8.24. The number of carbonyl (C=O) groups is 2. The Bertz CT molecular complexity index is 1160. The number of benzene rings is 2. The molecule has 2 aromatic carbocycles. The van der Waals surface area contributed by atoms with Crippen molar-refractivity contribution in [1.82, 2.24) is 4.90 Å². The molecular formula is C29H34N2O6. The first-order valence-electron chi connectivity index (χ1n) is 13.4. The Labute approximate surface area is 216 Å².